The normalized spacial score (nSPS) is 11.4. The van der Waals surface area contributed by atoms with Crippen molar-refractivity contribution in [2.24, 2.45) is 0 Å². The van der Waals surface area contributed by atoms with Crippen LogP contribution in [-0.4, -0.2) is 18.1 Å². The third-order valence-corrected chi connectivity index (χ3v) is 3.70. The van der Waals surface area contributed by atoms with Crippen molar-refractivity contribution in [2.75, 3.05) is 12.8 Å². The van der Waals surface area contributed by atoms with Gasteiger partial charge in [0.05, 0.1) is 34.1 Å². The molecule has 2 N–H and O–H groups in total. The van der Waals surface area contributed by atoms with Crippen molar-refractivity contribution in [3.05, 3.63) is 45.6 Å². The lowest BCUT2D eigenvalue weighted by Crippen LogP contribution is -2.10. The number of alkyl halides is 3. The van der Waals surface area contributed by atoms with E-state index in [1.807, 2.05) is 0 Å². The molecule has 1 heterocycles. The molecule has 0 atom stereocenters. The number of benzene rings is 1. The minimum Gasteiger partial charge on any atom is -0.464 e. The van der Waals surface area contributed by atoms with Gasteiger partial charge in [-0.05, 0) is 18.2 Å². The Labute approximate surface area is 139 Å². The van der Waals surface area contributed by atoms with Crippen molar-refractivity contribution in [3.63, 3.8) is 0 Å². The molecule has 0 saturated carbocycles. The Morgan fingerprint density at radius 3 is 2.43 bits per heavy atom. The number of rotatable bonds is 2. The summed E-state index contributed by atoms with van der Waals surface area (Å²) in [5.74, 6) is -0.784. The number of nitrogens with zero attached hydrogens (tertiary/aromatic N) is 1. The van der Waals surface area contributed by atoms with E-state index in [9.17, 15) is 18.0 Å². The number of hydrogen-bond acceptors (Lipinski definition) is 4. The van der Waals surface area contributed by atoms with Crippen molar-refractivity contribution in [1.82, 2.24) is 4.98 Å². The number of carbonyl (C=O) groups is 1. The van der Waals surface area contributed by atoms with E-state index < -0.39 is 23.4 Å². The molecule has 2 aromatic rings. The largest absolute Gasteiger partial charge is 0.464 e. The van der Waals surface area contributed by atoms with E-state index in [-0.39, 0.29) is 27.0 Å². The van der Waals surface area contributed by atoms with Gasteiger partial charge in [-0.25, -0.2) is 9.78 Å². The lowest BCUT2D eigenvalue weighted by molar-refractivity contribution is -0.136. The summed E-state index contributed by atoms with van der Waals surface area (Å²) in [5.41, 5.74) is 3.90. The summed E-state index contributed by atoms with van der Waals surface area (Å²) in [6.45, 7) is 0. The molecule has 0 aliphatic rings. The van der Waals surface area contributed by atoms with Gasteiger partial charge >= 0.3 is 12.1 Å². The monoisotopic (exact) mass is 364 g/mol. The highest BCUT2D eigenvalue weighted by Gasteiger charge is 2.34. The molecular weight excluding hydrogens is 356 g/mol. The zero-order valence-corrected chi connectivity index (χ0v) is 13.1. The second-order valence-corrected chi connectivity index (χ2v) is 5.19. The molecule has 0 saturated heterocycles. The van der Waals surface area contributed by atoms with E-state index >= 15 is 0 Å². The quantitative estimate of drug-likeness (QED) is 0.631. The fourth-order valence-corrected chi connectivity index (χ4v) is 2.31. The van der Waals surface area contributed by atoms with E-state index in [1.165, 1.54) is 12.1 Å². The van der Waals surface area contributed by atoms with Gasteiger partial charge in [-0.15, -0.1) is 0 Å². The van der Waals surface area contributed by atoms with Crippen LogP contribution in [0.5, 0.6) is 0 Å². The first-order valence-electron chi connectivity index (χ1n) is 6.07. The highest BCUT2D eigenvalue weighted by atomic mass is 35.5. The first kappa shape index (κ1) is 17.4. The van der Waals surface area contributed by atoms with Gasteiger partial charge in [-0.2, -0.15) is 13.2 Å². The molecule has 23 heavy (non-hydrogen) atoms. The summed E-state index contributed by atoms with van der Waals surface area (Å²) in [5, 5.41) is -0.276. The zero-order chi connectivity index (χ0) is 17.4. The summed E-state index contributed by atoms with van der Waals surface area (Å²) in [6.07, 6.45) is -4.63. The number of nitrogen functional groups attached to an aromatic ring is 1. The fourth-order valence-electron chi connectivity index (χ4n) is 1.87. The predicted octanol–water partition coefficient (Wildman–Crippen LogP) is 4.44. The number of anilines is 1. The van der Waals surface area contributed by atoms with E-state index in [4.69, 9.17) is 28.9 Å². The van der Waals surface area contributed by atoms with Crippen LogP contribution in [0, 0.1) is 0 Å². The average molecular weight is 365 g/mol. The number of methoxy groups -OCH3 is 1. The maximum Gasteiger partial charge on any atom is 0.418 e. The molecule has 0 aliphatic carbocycles. The Hall–Kier alpha value is -1.99. The molecule has 0 amide bonds. The summed E-state index contributed by atoms with van der Waals surface area (Å²) in [6, 6.07) is 4.69. The van der Waals surface area contributed by atoms with Crippen molar-refractivity contribution in [3.8, 4) is 11.3 Å². The minimum absolute atomic E-state index is 0.0385. The van der Waals surface area contributed by atoms with Crippen LogP contribution >= 0.6 is 23.2 Å². The predicted molar refractivity (Wildman–Crippen MR) is 80.4 cm³/mol. The lowest BCUT2D eigenvalue weighted by Gasteiger charge is -2.14. The Bertz CT molecular complexity index is 779. The van der Waals surface area contributed by atoms with Crippen LogP contribution in [0.25, 0.3) is 11.3 Å². The number of pyridine rings is 1. The molecule has 2 rings (SSSR count). The number of esters is 1. The number of hydrogen-bond donors (Lipinski definition) is 1. The molecule has 0 aliphatic heterocycles. The average Bonchev–Trinajstić information content (AvgIpc) is 2.48. The van der Waals surface area contributed by atoms with Crippen LogP contribution in [-0.2, 0) is 10.9 Å². The minimum atomic E-state index is -4.63. The molecule has 1 aromatic heterocycles. The van der Waals surface area contributed by atoms with Crippen molar-refractivity contribution in [2.45, 2.75) is 6.18 Å². The zero-order valence-electron chi connectivity index (χ0n) is 11.5. The van der Waals surface area contributed by atoms with Crippen LogP contribution in [0.3, 0.4) is 0 Å². The Balaban J connectivity index is 2.60. The topological polar surface area (TPSA) is 65.2 Å². The van der Waals surface area contributed by atoms with Gasteiger partial charge in [0.2, 0.25) is 0 Å². The first-order chi connectivity index (χ1) is 10.7. The second-order valence-electron chi connectivity index (χ2n) is 4.40. The van der Waals surface area contributed by atoms with Crippen LogP contribution in [0.2, 0.25) is 10.0 Å². The first-order valence-corrected chi connectivity index (χ1v) is 6.82. The van der Waals surface area contributed by atoms with Gasteiger partial charge < -0.3 is 10.5 Å². The molecule has 122 valence electrons. The van der Waals surface area contributed by atoms with Crippen LogP contribution in [0.15, 0.2) is 24.3 Å². The summed E-state index contributed by atoms with van der Waals surface area (Å²) < 4.78 is 42.9. The lowest BCUT2D eigenvalue weighted by atomic mass is 10.1. The van der Waals surface area contributed by atoms with E-state index in [2.05, 4.69) is 9.72 Å². The van der Waals surface area contributed by atoms with Crippen molar-refractivity contribution < 1.29 is 22.7 Å². The SMILES string of the molecule is COC(=O)c1nc(-c2ccc(C(F)(F)F)c(N)c2Cl)ccc1Cl. The van der Waals surface area contributed by atoms with Gasteiger partial charge in [0.15, 0.2) is 5.69 Å². The maximum absolute atomic E-state index is 12.8. The second kappa shape index (κ2) is 6.25. The smallest absolute Gasteiger partial charge is 0.418 e. The molecular formula is C14H9Cl2F3N2O2. The highest BCUT2D eigenvalue weighted by molar-refractivity contribution is 6.36. The molecule has 4 nitrogen and oxygen atoms in total. The van der Waals surface area contributed by atoms with E-state index in [0.717, 1.165) is 19.2 Å². The number of nitrogens with two attached hydrogens (primary N) is 1. The van der Waals surface area contributed by atoms with Gasteiger partial charge in [0, 0.05) is 5.56 Å². The molecule has 0 spiro atoms. The summed E-state index contributed by atoms with van der Waals surface area (Å²) >= 11 is 11.8. The van der Waals surface area contributed by atoms with E-state index in [0.29, 0.717) is 0 Å². The van der Waals surface area contributed by atoms with Gasteiger partial charge in [-0.3, -0.25) is 0 Å². The standard InChI is InChI=1S/C14H9Cl2F3N2O2/c1-23-13(22)12-8(15)4-5-9(21-12)6-2-3-7(14(17,18)19)11(20)10(6)16/h2-5H,20H2,1H3. The van der Waals surface area contributed by atoms with Crippen LogP contribution < -0.4 is 5.73 Å². The molecule has 0 fully saturated rings. The van der Waals surface area contributed by atoms with E-state index in [1.54, 1.807) is 0 Å². The molecule has 1 aromatic carbocycles. The third kappa shape index (κ3) is 3.35. The fraction of sp³-hybridized carbons (Fsp3) is 0.143. The van der Waals surface area contributed by atoms with Gasteiger partial charge in [-0.1, -0.05) is 29.3 Å². The van der Waals surface area contributed by atoms with Crippen LogP contribution in [0.4, 0.5) is 18.9 Å². The van der Waals surface area contributed by atoms with Crippen molar-refractivity contribution >= 4 is 34.9 Å². The summed E-state index contributed by atoms with van der Waals surface area (Å²) in [4.78, 5) is 15.6. The number of aromatic nitrogens is 1. The number of ether oxygens (including phenoxy) is 1. The Morgan fingerprint density at radius 2 is 1.87 bits per heavy atom. The number of halogens is 5. The molecule has 9 heteroatoms. The van der Waals surface area contributed by atoms with Crippen LogP contribution in [0.1, 0.15) is 16.1 Å². The molecule has 0 radical (unpaired) electrons. The maximum atomic E-state index is 12.8. The third-order valence-electron chi connectivity index (χ3n) is 2.99. The summed E-state index contributed by atoms with van der Waals surface area (Å²) in [7, 11) is 1.15. The molecule has 0 bridgehead atoms. The van der Waals surface area contributed by atoms with Crippen molar-refractivity contribution in [1.29, 1.82) is 0 Å². The molecule has 0 unspecified atom stereocenters. The van der Waals surface area contributed by atoms with Gasteiger partial charge in [0.25, 0.3) is 0 Å². The highest BCUT2D eigenvalue weighted by Crippen LogP contribution is 2.41. The Morgan fingerprint density at radius 1 is 1.22 bits per heavy atom. The van der Waals surface area contributed by atoms with Gasteiger partial charge in [0.1, 0.15) is 0 Å². The Kier molecular flexibility index (Phi) is 4.72. The number of carbonyl (C=O) groups excluding carboxylic acids is 1.